The molecule has 1 rings (SSSR count). The van der Waals surface area contributed by atoms with Crippen LogP contribution < -0.4 is 5.32 Å². The molecule has 0 aliphatic carbocycles. The largest absolute Gasteiger partial charge is 0.503 e. The maximum absolute atomic E-state index is 10.9. The number of carbonyl (C=O) groups excluding carboxylic acids is 2. The van der Waals surface area contributed by atoms with Crippen molar-refractivity contribution in [2.75, 3.05) is 12.8 Å². The van der Waals surface area contributed by atoms with Gasteiger partial charge < -0.3 is 10.00 Å². The van der Waals surface area contributed by atoms with E-state index in [1.54, 1.807) is 5.32 Å². The Hall–Kier alpha value is -1.13. The zero-order valence-corrected chi connectivity index (χ0v) is 7.67. The Labute approximate surface area is 73.7 Å². The second kappa shape index (κ2) is 2.97. The van der Waals surface area contributed by atoms with Gasteiger partial charge >= 0.3 is 0 Å². The van der Waals surface area contributed by atoms with Crippen molar-refractivity contribution in [2.24, 2.45) is 0 Å². The van der Waals surface area contributed by atoms with Crippen LogP contribution in [0.2, 0.25) is 0 Å². The number of carbonyl (C=O) groups is 2. The van der Waals surface area contributed by atoms with Crippen LogP contribution in [0.3, 0.4) is 0 Å². The Morgan fingerprint density at radius 1 is 1.38 bits per heavy atom. The van der Waals surface area contributed by atoms with E-state index in [1.807, 2.05) is 0 Å². The number of aliphatic hydroxyl groups is 1. The van der Waals surface area contributed by atoms with Gasteiger partial charge in [-0.1, -0.05) is 0 Å². The Balaban J connectivity index is 2.97. The molecule has 7 heteroatoms. The summed E-state index contributed by atoms with van der Waals surface area (Å²) in [5, 5.41) is 10.8. The minimum absolute atomic E-state index is 0.321. The van der Waals surface area contributed by atoms with Gasteiger partial charge in [-0.15, -0.1) is 0 Å². The van der Waals surface area contributed by atoms with Crippen LogP contribution in [0.5, 0.6) is 0 Å². The number of rotatable bonds is 2. The van der Waals surface area contributed by atoms with E-state index in [4.69, 9.17) is 10.00 Å². The summed E-state index contributed by atoms with van der Waals surface area (Å²) in [6.45, 7) is 1.04. The van der Waals surface area contributed by atoms with Crippen molar-refractivity contribution in [3.63, 3.8) is 0 Å². The summed E-state index contributed by atoms with van der Waals surface area (Å²) in [5.74, 6) is -2.49. The molecule has 0 fully saturated rings. The third-order valence-corrected chi connectivity index (χ3v) is 2.36. The second-order valence-corrected chi connectivity index (χ2v) is 5.24. The van der Waals surface area contributed by atoms with Crippen molar-refractivity contribution < 1.29 is 24.2 Å². The molecule has 1 atom stereocenters. The highest BCUT2D eigenvalue weighted by atomic mass is 31.2. The lowest BCUT2D eigenvalue weighted by Gasteiger charge is -2.03. The molecule has 0 saturated heterocycles. The van der Waals surface area contributed by atoms with Gasteiger partial charge in [-0.25, -0.2) is 0 Å². The van der Waals surface area contributed by atoms with Crippen molar-refractivity contribution in [1.82, 2.24) is 5.32 Å². The van der Waals surface area contributed by atoms with Crippen LogP contribution in [0.25, 0.3) is 0 Å². The smallest absolute Gasteiger partial charge is 0.293 e. The van der Waals surface area contributed by atoms with E-state index >= 15 is 0 Å². The van der Waals surface area contributed by atoms with Gasteiger partial charge in [0.25, 0.3) is 11.8 Å². The molecule has 1 unspecified atom stereocenters. The predicted molar refractivity (Wildman–Crippen MR) is 43.4 cm³/mol. The molecule has 72 valence electrons. The van der Waals surface area contributed by atoms with Gasteiger partial charge in [-0.2, -0.15) is 0 Å². The maximum atomic E-state index is 10.9. The third-order valence-electron chi connectivity index (χ3n) is 1.45. The van der Waals surface area contributed by atoms with Crippen LogP contribution in [0.15, 0.2) is 11.3 Å². The first-order chi connectivity index (χ1) is 5.81. The average Bonchev–Trinajstić information content (AvgIpc) is 2.14. The minimum Gasteiger partial charge on any atom is -0.503 e. The number of imide groups is 1. The van der Waals surface area contributed by atoms with Crippen molar-refractivity contribution in [2.45, 2.75) is 0 Å². The van der Waals surface area contributed by atoms with Gasteiger partial charge in [0.1, 0.15) is 0 Å². The van der Waals surface area contributed by atoms with Gasteiger partial charge in [0.15, 0.2) is 5.76 Å². The Kier molecular flexibility index (Phi) is 2.28. The molecule has 6 nitrogen and oxygen atoms in total. The molecule has 0 saturated carbocycles. The fraction of sp³-hybridized carbons (Fsp3) is 0.333. The molecule has 0 aromatic carbocycles. The first-order valence-corrected chi connectivity index (χ1v) is 5.67. The SMILES string of the molecule is CP(=O)(O)CC1=C(O)C(=O)NC1=O. The van der Waals surface area contributed by atoms with Crippen molar-refractivity contribution in [3.8, 4) is 0 Å². The van der Waals surface area contributed by atoms with Crippen molar-refractivity contribution >= 4 is 19.2 Å². The van der Waals surface area contributed by atoms with E-state index in [0.29, 0.717) is 0 Å². The molecule has 1 heterocycles. The van der Waals surface area contributed by atoms with E-state index in [0.717, 1.165) is 6.66 Å². The molecule has 0 radical (unpaired) electrons. The summed E-state index contributed by atoms with van der Waals surface area (Å²) in [4.78, 5) is 30.5. The summed E-state index contributed by atoms with van der Waals surface area (Å²) >= 11 is 0. The topological polar surface area (TPSA) is 104 Å². The highest BCUT2D eigenvalue weighted by Crippen LogP contribution is 2.38. The second-order valence-electron chi connectivity index (χ2n) is 2.82. The number of hydrogen-bond acceptors (Lipinski definition) is 4. The monoisotopic (exact) mass is 205 g/mol. The molecule has 1 aliphatic heterocycles. The van der Waals surface area contributed by atoms with Crippen LogP contribution >= 0.6 is 7.37 Å². The van der Waals surface area contributed by atoms with Crippen LogP contribution in [0.4, 0.5) is 0 Å². The Bertz CT molecular complexity index is 352. The molecule has 13 heavy (non-hydrogen) atoms. The number of hydrogen-bond donors (Lipinski definition) is 3. The van der Waals surface area contributed by atoms with Crippen LogP contribution in [-0.4, -0.2) is 34.6 Å². The molecule has 3 N–H and O–H groups in total. The van der Waals surface area contributed by atoms with E-state index in [1.165, 1.54) is 0 Å². The standard InChI is InChI=1S/C6H8NO5P/c1-13(11,12)2-3-4(8)6(10)7-5(3)9/h2H2,1H3,(H,11,12)(H2,7,8,9,10). The highest BCUT2D eigenvalue weighted by molar-refractivity contribution is 7.57. The number of aliphatic hydroxyl groups excluding tert-OH is 1. The lowest BCUT2D eigenvalue weighted by atomic mass is 10.3. The predicted octanol–water partition coefficient (Wildman–Crippen LogP) is -0.645. The summed E-state index contributed by atoms with van der Waals surface area (Å²) in [7, 11) is -3.45. The van der Waals surface area contributed by atoms with Gasteiger partial charge in [0.2, 0.25) is 7.37 Å². The van der Waals surface area contributed by atoms with E-state index in [-0.39, 0.29) is 5.57 Å². The van der Waals surface area contributed by atoms with E-state index in [2.05, 4.69) is 0 Å². The molecule has 0 aromatic heterocycles. The lowest BCUT2D eigenvalue weighted by molar-refractivity contribution is -0.125. The maximum Gasteiger partial charge on any atom is 0.293 e. The molecule has 0 bridgehead atoms. The molecular formula is C6H8NO5P. The molecule has 1 aliphatic rings. The summed E-state index contributed by atoms with van der Waals surface area (Å²) in [5.41, 5.74) is -0.321. The van der Waals surface area contributed by atoms with Crippen LogP contribution in [0, 0.1) is 0 Å². The third kappa shape index (κ3) is 2.17. The minimum atomic E-state index is -3.45. The van der Waals surface area contributed by atoms with E-state index in [9.17, 15) is 14.2 Å². The van der Waals surface area contributed by atoms with Crippen molar-refractivity contribution in [3.05, 3.63) is 11.3 Å². The summed E-state index contributed by atoms with van der Waals surface area (Å²) in [6, 6.07) is 0. The first kappa shape index (κ1) is 9.95. The molecule has 2 amide bonds. The molecule has 0 aromatic rings. The van der Waals surface area contributed by atoms with Gasteiger partial charge in [-0.05, 0) is 0 Å². The van der Waals surface area contributed by atoms with Gasteiger partial charge in [0.05, 0.1) is 11.7 Å². The normalized spacial score (nSPS) is 21.7. The summed E-state index contributed by atoms with van der Waals surface area (Å²) in [6.07, 6.45) is -0.490. The Morgan fingerprint density at radius 2 is 1.92 bits per heavy atom. The quantitative estimate of drug-likeness (QED) is 0.410. The fourth-order valence-corrected chi connectivity index (χ4v) is 1.80. The summed E-state index contributed by atoms with van der Waals surface area (Å²) < 4.78 is 10.9. The van der Waals surface area contributed by atoms with Crippen LogP contribution in [-0.2, 0) is 14.2 Å². The van der Waals surface area contributed by atoms with E-state index < -0.39 is 31.1 Å². The number of nitrogens with one attached hydrogen (secondary N) is 1. The lowest BCUT2D eigenvalue weighted by Crippen LogP contribution is -2.23. The van der Waals surface area contributed by atoms with Crippen molar-refractivity contribution in [1.29, 1.82) is 0 Å². The van der Waals surface area contributed by atoms with Gasteiger partial charge in [0, 0.05) is 6.66 Å². The molecular weight excluding hydrogens is 197 g/mol. The average molecular weight is 205 g/mol. The highest BCUT2D eigenvalue weighted by Gasteiger charge is 2.32. The number of amides is 2. The Morgan fingerprint density at radius 3 is 2.23 bits per heavy atom. The van der Waals surface area contributed by atoms with Gasteiger partial charge in [-0.3, -0.25) is 19.5 Å². The zero-order chi connectivity index (χ0) is 10.2. The zero-order valence-electron chi connectivity index (χ0n) is 6.77. The fourth-order valence-electron chi connectivity index (χ4n) is 0.922. The first-order valence-electron chi connectivity index (χ1n) is 3.38. The molecule has 0 spiro atoms. The van der Waals surface area contributed by atoms with Crippen LogP contribution in [0.1, 0.15) is 0 Å².